The molecule has 0 saturated carbocycles. The molecule has 1 saturated heterocycles. The van der Waals surface area contributed by atoms with Crippen LogP contribution in [0.1, 0.15) is 39.9 Å². The van der Waals surface area contributed by atoms with Crippen molar-refractivity contribution in [2.75, 3.05) is 4.90 Å². The quantitative estimate of drug-likeness (QED) is 0.623. The number of aryl methyl sites for hydroxylation is 2. The molecule has 1 aromatic heterocycles. The highest BCUT2D eigenvalue weighted by atomic mass is 16.2. The number of pyridine rings is 1. The standard InChI is InChI=1S/C24H22N4O3/c25-13-16-4-2-1-3-14(16)5-6-15-7-8-17-21-18(11-12-26-22(15)21)28(24(17)31)19-9-10-20(29)27-23(19)30/h1-4,7-8,11-12,19H,5-6,9-10,13,25H2,(H,27,29,30). The van der Waals surface area contributed by atoms with E-state index < -0.39 is 11.9 Å². The molecule has 1 fully saturated rings. The van der Waals surface area contributed by atoms with E-state index in [2.05, 4.69) is 16.4 Å². The van der Waals surface area contributed by atoms with Gasteiger partial charge >= 0.3 is 0 Å². The van der Waals surface area contributed by atoms with Crippen molar-refractivity contribution in [3.05, 3.63) is 70.9 Å². The highest BCUT2D eigenvalue weighted by Gasteiger charge is 2.41. The van der Waals surface area contributed by atoms with Crippen molar-refractivity contribution in [1.29, 1.82) is 0 Å². The van der Waals surface area contributed by atoms with Crippen molar-refractivity contribution in [3.63, 3.8) is 0 Å². The molecule has 1 unspecified atom stereocenters. The number of benzene rings is 2. The maximum atomic E-state index is 13.2. The minimum absolute atomic E-state index is 0.219. The van der Waals surface area contributed by atoms with Crippen LogP contribution in [0.4, 0.5) is 5.69 Å². The van der Waals surface area contributed by atoms with Crippen molar-refractivity contribution < 1.29 is 14.4 Å². The Morgan fingerprint density at radius 3 is 2.55 bits per heavy atom. The van der Waals surface area contributed by atoms with E-state index >= 15 is 0 Å². The van der Waals surface area contributed by atoms with Crippen LogP contribution >= 0.6 is 0 Å². The maximum absolute atomic E-state index is 13.2. The lowest BCUT2D eigenvalue weighted by molar-refractivity contribution is -0.134. The normalized spacial score (nSPS) is 18.0. The van der Waals surface area contributed by atoms with Gasteiger partial charge in [-0.05, 0) is 48.1 Å². The molecule has 0 bridgehead atoms. The first kappa shape index (κ1) is 19.4. The average molecular weight is 414 g/mol. The van der Waals surface area contributed by atoms with E-state index in [1.54, 1.807) is 12.3 Å². The predicted molar refractivity (Wildman–Crippen MR) is 116 cm³/mol. The van der Waals surface area contributed by atoms with Crippen LogP contribution in [0.25, 0.3) is 10.9 Å². The van der Waals surface area contributed by atoms with Crippen LogP contribution in [0.5, 0.6) is 0 Å². The number of amides is 3. The number of anilines is 1. The van der Waals surface area contributed by atoms with Gasteiger partial charge in [-0.3, -0.25) is 29.6 Å². The van der Waals surface area contributed by atoms with E-state index in [9.17, 15) is 14.4 Å². The first-order valence-electron chi connectivity index (χ1n) is 10.4. The third-order valence-electron chi connectivity index (χ3n) is 6.19. The second-order valence-electron chi connectivity index (χ2n) is 7.94. The topological polar surface area (TPSA) is 105 Å². The summed E-state index contributed by atoms with van der Waals surface area (Å²) >= 11 is 0. The lowest BCUT2D eigenvalue weighted by atomic mass is 9.97. The molecule has 0 spiro atoms. The van der Waals surface area contributed by atoms with Crippen molar-refractivity contribution in [1.82, 2.24) is 10.3 Å². The maximum Gasteiger partial charge on any atom is 0.259 e. The fourth-order valence-corrected chi connectivity index (χ4v) is 4.63. The SMILES string of the molecule is NCc1ccccc1CCc1ccc2c3c(ccnc13)N(C1CCC(=O)NC1=O)C2=O. The van der Waals surface area contributed by atoms with Gasteiger partial charge in [0, 0.05) is 24.5 Å². The van der Waals surface area contributed by atoms with Crippen LogP contribution in [0.2, 0.25) is 0 Å². The van der Waals surface area contributed by atoms with Gasteiger partial charge in [0.2, 0.25) is 11.8 Å². The third kappa shape index (κ3) is 3.18. The Hall–Kier alpha value is -3.58. The van der Waals surface area contributed by atoms with Gasteiger partial charge in [-0.1, -0.05) is 30.3 Å². The molecule has 0 radical (unpaired) electrons. The van der Waals surface area contributed by atoms with E-state index in [0.29, 0.717) is 24.2 Å². The summed E-state index contributed by atoms with van der Waals surface area (Å²) in [4.78, 5) is 43.3. The Morgan fingerprint density at radius 2 is 1.77 bits per heavy atom. The molecule has 2 aliphatic heterocycles. The minimum atomic E-state index is -0.692. The molecule has 5 rings (SSSR count). The van der Waals surface area contributed by atoms with Crippen molar-refractivity contribution >= 4 is 34.3 Å². The van der Waals surface area contributed by atoms with Crippen LogP contribution < -0.4 is 16.0 Å². The number of hydrogen-bond donors (Lipinski definition) is 2. The lowest BCUT2D eigenvalue weighted by Crippen LogP contribution is -2.53. The zero-order chi connectivity index (χ0) is 21.5. The van der Waals surface area contributed by atoms with Crippen molar-refractivity contribution in [2.45, 2.75) is 38.3 Å². The minimum Gasteiger partial charge on any atom is -0.326 e. The summed E-state index contributed by atoms with van der Waals surface area (Å²) in [6.45, 7) is 0.494. The smallest absolute Gasteiger partial charge is 0.259 e. The average Bonchev–Trinajstić information content (AvgIpc) is 3.06. The Kier molecular flexibility index (Phi) is 4.75. The number of carbonyl (C=O) groups is 3. The van der Waals surface area contributed by atoms with Gasteiger partial charge in [0.05, 0.1) is 16.8 Å². The monoisotopic (exact) mass is 414 g/mol. The first-order chi connectivity index (χ1) is 15.1. The number of hydrogen-bond acceptors (Lipinski definition) is 5. The van der Waals surface area contributed by atoms with E-state index in [0.717, 1.165) is 34.9 Å². The molecule has 31 heavy (non-hydrogen) atoms. The molecule has 2 aliphatic rings. The lowest BCUT2D eigenvalue weighted by Gasteiger charge is -2.30. The zero-order valence-electron chi connectivity index (χ0n) is 16.9. The molecule has 3 aromatic rings. The van der Waals surface area contributed by atoms with Crippen LogP contribution in [-0.2, 0) is 29.0 Å². The Morgan fingerprint density at radius 1 is 1.00 bits per heavy atom. The van der Waals surface area contributed by atoms with E-state index in [-0.39, 0.29) is 18.2 Å². The Balaban J connectivity index is 1.51. The molecule has 156 valence electrons. The first-order valence-corrected chi connectivity index (χ1v) is 10.4. The fourth-order valence-electron chi connectivity index (χ4n) is 4.63. The van der Waals surface area contributed by atoms with Crippen LogP contribution in [0.15, 0.2) is 48.7 Å². The highest BCUT2D eigenvalue weighted by Crippen LogP contribution is 2.40. The van der Waals surface area contributed by atoms with Crippen LogP contribution in [-0.4, -0.2) is 28.7 Å². The molecule has 7 heteroatoms. The van der Waals surface area contributed by atoms with Gasteiger partial charge in [0.15, 0.2) is 0 Å². The summed E-state index contributed by atoms with van der Waals surface area (Å²) in [7, 11) is 0. The molecule has 7 nitrogen and oxygen atoms in total. The third-order valence-corrected chi connectivity index (χ3v) is 6.19. The predicted octanol–water partition coefficient (Wildman–Crippen LogP) is 2.24. The number of piperidine rings is 1. The van der Waals surface area contributed by atoms with Gasteiger partial charge in [-0.25, -0.2) is 0 Å². The molecule has 1 atom stereocenters. The molecule has 3 amide bonds. The second-order valence-corrected chi connectivity index (χ2v) is 7.94. The van der Waals surface area contributed by atoms with Gasteiger partial charge in [0.1, 0.15) is 6.04 Å². The van der Waals surface area contributed by atoms with Crippen LogP contribution in [0, 0.1) is 0 Å². The van der Waals surface area contributed by atoms with Crippen LogP contribution in [0.3, 0.4) is 0 Å². The van der Waals surface area contributed by atoms with E-state index in [4.69, 9.17) is 5.73 Å². The molecule has 0 aliphatic carbocycles. The molecular formula is C24H22N4O3. The number of nitrogens with zero attached hydrogens (tertiary/aromatic N) is 2. The number of rotatable bonds is 5. The summed E-state index contributed by atoms with van der Waals surface area (Å²) in [6, 6.07) is 13.0. The fraction of sp³-hybridized carbons (Fsp3) is 0.250. The van der Waals surface area contributed by atoms with Gasteiger partial charge in [-0.2, -0.15) is 0 Å². The number of imide groups is 1. The van der Waals surface area contributed by atoms with E-state index in [1.165, 1.54) is 10.5 Å². The summed E-state index contributed by atoms with van der Waals surface area (Å²) in [5.41, 5.74) is 11.3. The van der Waals surface area contributed by atoms with E-state index in [1.807, 2.05) is 30.3 Å². The molecule has 3 N–H and O–H groups in total. The van der Waals surface area contributed by atoms with Gasteiger partial charge in [0.25, 0.3) is 5.91 Å². The van der Waals surface area contributed by atoms with Gasteiger partial charge in [-0.15, -0.1) is 0 Å². The molecule has 3 heterocycles. The molecular weight excluding hydrogens is 392 g/mol. The summed E-state index contributed by atoms with van der Waals surface area (Å²) in [6.07, 6.45) is 3.79. The van der Waals surface area contributed by atoms with Crippen molar-refractivity contribution in [3.8, 4) is 0 Å². The summed E-state index contributed by atoms with van der Waals surface area (Å²) < 4.78 is 0. The van der Waals surface area contributed by atoms with Crippen molar-refractivity contribution in [2.24, 2.45) is 5.73 Å². The highest BCUT2D eigenvalue weighted by molar-refractivity contribution is 6.26. The Labute approximate surface area is 179 Å². The number of nitrogens with two attached hydrogens (primary N) is 1. The summed E-state index contributed by atoms with van der Waals surface area (Å²) in [5.74, 6) is -0.950. The number of carbonyl (C=O) groups excluding carboxylic acids is 3. The second kappa shape index (κ2) is 7.59. The van der Waals surface area contributed by atoms with Gasteiger partial charge < -0.3 is 5.73 Å². The zero-order valence-corrected chi connectivity index (χ0v) is 16.9. The largest absolute Gasteiger partial charge is 0.326 e. The Bertz CT molecular complexity index is 1240. The number of aromatic nitrogens is 1. The molecule has 2 aromatic carbocycles. The number of nitrogens with one attached hydrogen (secondary N) is 1. The summed E-state index contributed by atoms with van der Waals surface area (Å²) in [5, 5.41) is 3.13.